The van der Waals surface area contributed by atoms with Gasteiger partial charge in [0.25, 0.3) is 5.91 Å². The Labute approximate surface area is 180 Å². The molecule has 0 bridgehead atoms. The number of amides is 1. The van der Waals surface area contributed by atoms with E-state index in [-0.39, 0.29) is 17.5 Å². The van der Waals surface area contributed by atoms with Gasteiger partial charge in [0.05, 0.1) is 5.92 Å². The van der Waals surface area contributed by atoms with Gasteiger partial charge in [-0.3, -0.25) is 9.59 Å². The quantitative estimate of drug-likeness (QED) is 0.684. The van der Waals surface area contributed by atoms with E-state index in [0.29, 0.717) is 36.6 Å². The summed E-state index contributed by atoms with van der Waals surface area (Å²) in [4.78, 5) is 35.8. The second kappa shape index (κ2) is 9.12. The lowest BCUT2D eigenvalue weighted by Gasteiger charge is -2.26. The van der Waals surface area contributed by atoms with Crippen LogP contribution < -0.4 is 15.7 Å². The maximum absolute atomic E-state index is 12.5. The summed E-state index contributed by atoms with van der Waals surface area (Å²) in [6.07, 6.45) is 5.96. The Morgan fingerprint density at radius 2 is 1.87 bits per heavy atom. The summed E-state index contributed by atoms with van der Waals surface area (Å²) in [5.41, 5.74) is 2.08. The van der Waals surface area contributed by atoms with Crippen molar-refractivity contribution >= 4 is 22.8 Å². The maximum Gasteiger partial charge on any atom is 0.339 e. The third-order valence-electron chi connectivity index (χ3n) is 6.64. The van der Waals surface area contributed by atoms with Gasteiger partial charge in [0.15, 0.2) is 6.10 Å². The molecule has 1 heterocycles. The molecular formula is C24H29NO6. The number of carbonyl (C=O) groups excluding carboxylic acids is 1. The van der Waals surface area contributed by atoms with Gasteiger partial charge in [-0.1, -0.05) is 0 Å². The standard InChI is InChI=1S/C24H29NO6/c1-14(22(26)25-13-15-6-8-16(9-7-15)23(27)28)30-17-10-11-19-18-4-2-3-5-20(18)24(29)31-21(19)12-17/h10-12,14-16H,2-9,13H2,1H3,(H,25,26)(H,27,28)/t14-,15?,16?/m0/s1. The number of carbonyl (C=O) groups is 2. The van der Waals surface area contributed by atoms with Gasteiger partial charge in [-0.25, -0.2) is 4.79 Å². The number of aryl methyl sites for hydroxylation is 1. The average Bonchev–Trinajstić information content (AvgIpc) is 2.77. The van der Waals surface area contributed by atoms with Crippen molar-refractivity contribution in [2.75, 3.05) is 6.54 Å². The molecule has 2 aliphatic carbocycles. The van der Waals surface area contributed by atoms with Gasteiger partial charge < -0.3 is 19.6 Å². The van der Waals surface area contributed by atoms with E-state index < -0.39 is 12.1 Å². The number of hydrogen-bond acceptors (Lipinski definition) is 5. The molecule has 166 valence electrons. The lowest BCUT2D eigenvalue weighted by molar-refractivity contribution is -0.143. The Morgan fingerprint density at radius 1 is 1.16 bits per heavy atom. The first-order valence-corrected chi connectivity index (χ1v) is 11.2. The minimum Gasteiger partial charge on any atom is -0.481 e. The summed E-state index contributed by atoms with van der Waals surface area (Å²) >= 11 is 0. The molecule has 7 nitrogen and oxygen atoms in total. The number of nitrogens with one attached hydrogen (secondary N) is 1. The fourth-order valence-corrected chi connectivity index (χ4v) is 4.76. The van der Waals surface area contributed by atoms with Gasteiger partial charge in [0.2, 0.25) is 0 Å². The molecule has 2 N–H and O–H groups in total. The van der Waals surface area contributed by atoms with Gasteiger partial charge in [0, 0.05) is 23.6 Å². The third-order valence-corrected chi connectivity index (χ3v) is 6.64. The Balaban J connectivity index is 1.36. The smallest absolute Gasteiger partial charge is 0.339 e. The van der Waals surface area contributed by atoms with Crippen LogP contribution in [0.1, 0.15) is 56.6 Å². The molecule has 1 aromatic heterocycles. The highest BCUT2D eigenvalue weighted by molar-refractivity contribution is 5.83. The molecule has 7 heteroatoms. The molecule has 4 rings (SSSR count). The summed E-state index contributed by atoms with van der Waals surface area (Å²) in [7, 11) is 0. The summed E-state index contributed by atoms with van der Waals surface area (Å²) < 4.78 is 11.3. The summed E-state index contributed by atoms with van der Waals surface area (Å²) in [5.74, 6) is -0.416. The van der Waals surface area contributed by atoms with Crippen LogP contribution in [0, 0.1) is 11.8 Å². The molecule has 31 heavy (non-hydrogen) atoms. The third kappa shape index (κ3) is 4.75. The van der Waals surface area contributed by atoms with E-state index in [0.717, 1.165) is 55.0 Å². The fourth-order valence-electron chi connectivity index (χ4n) is 4.76. The highest BCUT2D eigenvalue weighted by atomic mass is 16.5. The predicted octanol–water partition coefficient (Wildman–Crippen LogP) is 3.45. The van der Waals surface area contributed by atoms with E-state index in [9.17, 15) is 14.4 Å². The van der Waals surface area contributed by atoms with Crippen LogP contribution in [0.4, 0.5) is 0 Å². The summed E-state index contributed by atoms with van der Waals surface area (Å²) in [5, 5.41) is 12.9. The van der Waals surface area contributed by atoms with Crippen molar-refractivity contribution in [2.24, 2.45) is 11.8 Å². The number of carboxylic acids is 1. The molecule has 1 atom stereocenters. The predicted molar refractivity (Wildman–Crippen MR) is 115 cm³/mol. The van der Waals surface area contributed by atoms with Crippen molar-refractivity contribution in [3.05, 3.63) is 39.7 Å². The van der Waals surface area contributed by atoms with Gasteiger partial charge in [-0.2, -0.15) is 0 Å². The minimum absolute atomic E-state index is 0.215. The first kappa shape index (κ1) is 21.4. The highest BCUT2D eigenvalue weighted by Crippen LogP contribution is 2.30. The van der Waals surface area contributed by atoms with Crippen LogP contribution in [0.2, 0.25) is 0 Å². The molecular weight excluding hydrogens is 398 g/mol. The van der Waals surface area contributed by atoms with Crippen LogP contribution in [0.15, 0.2) is 27.4 Å². The van der Waals surface area contributed by atoms with E-state index in [1.165, 1.54) is 0 Å². The maximum atomic E-state index is 12.5. The molecule has 1 fully saturated rings. The zero-order valence-electron chi connectivity index (χ0n) is 17.8. The molecule has 1 amide bonds. The number of aliphatic carboxylic acids is 1. The number of ether oxygens (including phenoxy) is 1. The molecule has 1 saturated carbocycles. The fraction of sp³-hybridized carbons (Fsp3) is 0.542. The Hall–Kier alpha value is -2.83. The molecule has 0 spiro atoms. The van der Waals surface area contributed by atoms with Gasteiger partial charge in [0.1, 0.15) is 11.3 Å². The van der Waals surface area contributed by atoms with Crippen LogP contribution in [0.3, 0.4) is 0 Å². The second-order valence-electron chi connectivity index (χ2n) is 8.77. The first-order valence-electron chi connectivity index (χ1n) is 11.2. The number of fused-ring (bicyclic) bond motifs is 3. The lowest BCUT2D eigenvalue weighted by atomic mass is 9.82. The number of benzene rings is 1. The van der Waals surface area contributed by atoms with Gasteiger partial charge >= 0.3 is 11.6 Å². The van der Waals surface area contributed by atoms with Crippen molar-refractivity contribution in [2.45, 2.75) is 64.4 Å². The lowest BCUT2D eigenvalue weighted by Crippen LogP contribution is -2.39. The number of carboxylic acid groups (broad SMARTS) is 1. The van der Waals surface area contributed by atoms with E-state index in [2.05, 4.69) is 5.32 Å². The molecule has 2 aliphatic rings. The molecule has 0 saturated heterocycles. The van der Waals surface area contributed by atoms with Gasteiger partial charge in [-0.05, 0) is 81.9 Å². The Kier molecular flexibility index (Phi) is 6.30. The number of rotatable bonds is 6. The van der Waals surface area contributed by atoms with Crippen LogP contribution in [-0.2, 0) is 22.4 Å². The minimum atomic E-state index is -0.726. The van der Waals surface area contributed by atoms with Crippen molar-refractivity contribution < 1.29 is 23.8 Å². The Bertz CT molecular complexity index is 1030. The molecule has 0 unspecified atom stereocenters. The van der Waals surface area contributed by atoms with E-state index in [1.54, 1.807) is 13.0 Å². The zero-order chi connectivity index (χ0) is 22.0. The van der Waals surface area contributed by atoms with E-state index in [1.807, 2.05) is 12.1 Å². The second-order valence-corrected chi connectivity index (χ2v) is 8.77. The van der Waals surface area contributed by atoms with Crippen molar-refractivity contribution in [3.63, 3.8) is 0 Å². The van der Waals surface area contributed by atoms with Gasteiger partial charge in [-0.15, -0.1) is 0 Å². The monoisotopic (exact) mass is 427 g/mol. The normalized spacial score (nSPS) is 21.8. The van der Waals surface area contributed by atoms with Crippen LogP contribution in [0.25, 0.3) is 11.0 Å². The SMILES string of the molecule is C[C@H](Oc1ccc2c3c(c(=O)oc2c1)CCCC3)C(=O)NCC1CCC(C(=O)O)CC1. The van der Waals surface area contributed by atoms with Crippen molar-refractivity contribution in [1.29, 1.82) is 0 Å². The van der Waals surface area contributed by atoms with Crippen LogP contribution in [0.5, 0.6) is 5.75 Å². The highest BCUT2D eigenvalue weighted by Gasteiger charge is 2.26. The molecule has 0 radical (unpaired) electrons. The van der Waals surface area contributed by atoms with E-state index in [4.69, 9.17) is 14.3 Å². The van der Waals surface area contributed by atoms with Crippen LogP contribution >= 0.6 is 0 Å². The molecule has 0 aliphatic heterocycles. The zero-order valence-corrected chi connectivity index (χ0v) is 17.8. The number of hydrogen-bond donors (Lipinski definition) is 2. The Morgan fingerprint density at radius 3 is 2.58 bits per heavy atom. The largest absolute Gasteiger partial charge is 0.481 e. The average molecular weight is 427 g/mol. The molecule has 1 aromatic carbocycles. The molecule has 2 aromatic rings. The van der Waals surface area contributed by atoms with Crippen molar-refractivity contribution in [3.8, 4) is 5.75 Å². The van der Waals surface area contributed by atoms with Crippen molar-refractivity contribution in [1.82, 2.24) is 5.32 Å². The first-order chi connectivity index (χ1) is 14.9. The van der Waals surface area contributed by atoms with Crippen LogP contribution in [-0.4, -0.2) is 29.6 Å². The topological polar surface area (TPSA) is 106 Å². The van der Waals surface area contributed by atoms with E-state index >= 15 is 0 Å². The summed E-state index contributed by atoms with van der Waals surface area (Å²) in [6.45, 7) is 2.21. The summed E-state index contributed by atoms with van der Waals surface area (Å²) in [6, 6.07) is 5.40.